The summed E-state index contributed by atoms with van der Waals surface area (Å²) in [7, 11) is 0. The van der Waals surface area contributed by atoms with Gasteiger partial charge in [-0.05, 0) is 60.7 Å². The second-order valence-corrected chi connectivity index (χ2v) is 13.2. The van der Waals surface area contributed by atoms with Crippen LogP contribution in [0.4, 0.5) is 0 Å². The van der Waals surface area contributed by atoms with Gasteiger partial charge in [-0.1, -0.05) is 102 Å². The first-order valence-corrected chi connectivity index (χ1v) is 18.3. The van der Waals surface area contributed by atoms with E-state index in [0.29, 0.717) is 11.4 Å². The largest absolute Gasteiger partial charge is 0.459 e. The molecule has 13 nitrogen and oxygen atoms in total. The van der Waals surface area contributed by atoms with Gasteiger partial charge in [0.25, 0.3) is 0 Å². The van der Waals surface area contributed by atoms with Gasteiger partial charge in [0.15, 0.2) is 24.5 Å². The van der Waals surface area contributed by atoms with Crippen LogP contribution >= 0.6 is 0 Å². The number of aromatic nitrogens is 4. The fourth-order valence-electron chi connectivity index (χ4n) is 6.48. The molecule has 1 aliphatic rings. The maximum atomic E-state index is 13.9. The summed E-state index contributed by atoms with van der Waals surface area (Å²) in [6.45, 7) is -0.483. The van der Waals surface area contributed by atoms with E-state index in [0.717, 1.165) is 10.9 Å². The molecule has 13 heteroatoms. The molecule has 0 amide bonds. The Morgan fingerprint density at radius 1 is 0.517 bits per heavy atom. The zero-order valence-electron chi connectivity index (χ0n) is 30.6. The Morgan fingerprint density at radius 3 is 1.57 bits per heavy atom. The molecule has 0 N–H and O–H groups in total. The molecule has 288 valence electrons. The van der Waals surface area contributed by atoms with Crippen molar-refractivity contribution < 1.29 is 42.9 Å². The monoisotopic (exact) mass is 774 g/mol. The van der Waals surface area contributed by atoms with E-state index in [4.69, 9.17) is 28.7 Å². The number of ether oxygens (including phenoxy) is 5. The summed E-state index contributed by atoms with van der Waals surface area (Å²) < 4.78 is 32.2. The number of carbonyl (C=O) groups excluding carboxylic acids is 4. The Balaban J connectivity index is 1.22. The van der Waals surface area contributed by atoms with Crippen LogP contribution in [-0.4, -0.2) is 74.9 Å². The van der Waals surface area contributed by atoms with Gasteiger partial charge in [0, 0.05) is 5.39 Å². The number of benzene rings is 5. The Kier molecular flexibility index (Phi) is 11.0. The van der Waals surface area contributed by atoms with Gasteiger partial charge in [0.1, 0.15) is 18.4 Å². The fraction of sp³-hybridized carbons (Fsp3) is 0.133. The van der Waals surface area contributed by atoms with Gasteiger partial charge in [0.2, 0.25) is 0 Å². The quantitative estimate of drug-likeness (QED) is 0.0988. The van der Waals surface area contributed by atoms with Crippen molar-refractivity contribution in [2.75, 3.05) is 6.61 Å². The van der Waals surface area contributed by atoms with E-state index in [1.54, 1.807) is 134 Å². The third-order valence-corrected chi connectivity index (χ3v) is 9.39. The van der Waals surface area contributed by atoms with Crippen LogP contribution in [0.3, 0.4) is 0 Å². The second kappa shape index (κ2) is 17.1. The highest BCUT2D eigenvalue weighted by Crippen LogP contribution is 2.36. The predicted molar refractivity (Wildman–Crippen MR) is 208 cm³/mol. The number of para-hydroxylation sites is 1. The Hall–Kier alpha value is -7.51. The lowest BCUT2D eigenvalue weighted by Crippen LogP contribution is -2.61. The summed E-state index contributed by atoms with van der Waals surface area (Å²) in [5.41, 5.74) is 2.38. The van der Waals surface area contributed by atoms with Gasteiger partial charge in [-0.15, -0.1) is 5.10 Å². The first kappa shape index (κ1) is 37.4. The molecule has 5 aromatic carbocycles. The molecule has 1 saturated heterocycles. The first-order valence-electron chi connectivity index (χ1n) is 18.3. The minimum Gasteiger partial charge on any atom is -0.459 e. The lowest BCUT2D eigenvalue weighted by molar-refractivity contribution is -0.252. The topological polar surface area (TPSA) is 158 Å². The first-order chi connectivity index (χ1) is 28.4. The lowest BCUT2D eigenvalue weighted by atomic mass is 9.96. The van der Waals surface area contributed by atoms with Crippen molar-refractivity contribution in [1.29, 1.82) is 0 Å². The molecule has 1 fully saturated rings. The Bertz CT molecular complexity index is 2540. The lowest BCUT2D eigenvalue weighted by Gasteiger charge is -2.44. The summed E-state index contributed by atoms with van der Waals surface area (Å²) in [5.74, 6) is -3.09. The van der Waals surface area contributed by atoms with Crippen LogP contribution in [0.5, 0.6) is 0 Å². The molecular formula is C45H34N4O9. The average Bonchev–Trinajstić information content (AvgIpc) is 3.78. The van der Waals surface area contributed by atoms with E-state index >= 15 is 0 Å². The number of pyridine rings is 1. The number of carbonyl (C=O) groups is 4. The smallest absolute Gasteiger partial charge is 0.338 e. The minimum absolute atomic E-state index is 0.171. The molecule has 0 radical (unpaired) electrons. The van der Waals surface area contributed by atoms with Crippen molar-refractivity contribution in [3.63, 3.8) is 0 Å². The Morgan fingerprint density at radius 2 is 1.00 bits per heavy atom. The van der Waals surface area contributed by atoms with E-state index in [2.05, 4.69) is 10.3 Å². The highest BCUT2D eigenvalue weighted by Gasteiger charge is 2.54. The number of rotatable bonds is 11. The van der Waals surface area contributed by atoms with Crippen molar-refractivity contribution in [1.82, 2.24) is 20.0 Å². The average molecular weight is 775 g/mol. The molecule has 8 rings (SSSR count). The summed E-state index contributed by atoms with van der Waals surface area (Å²) in [6.07, 6.45) is -5.72. The summed E-state index contributed by atoms with van der Waals surface area (Å²) in [6, 6.07) is 44.1. The molecule has 0 spiro atoms. The van der Waals surface area contributed by atoms with Crippen LogP contribution in [0.25, 0.3) is 22.3 Å². The third kappa shape index (κ3) is 8.34. The molecule has 0 saturated carbocycles. The molecular weight excluding hydrogens is 741 g/mol. The summed E-state index contributed by atoms with van der Waals surface area (Å²) >= 11 is 0. The number of hydrogen-bond donors (Lipinski definition) is 0. The predicted octanol–water partition coefficient (Wildman–Crippen LogP) is 6.92. The SMILES string of the molecule is O=C(OC[C@H]1O[C@@H](n2cc(-c3ccc4ccccc4n3)nn2)[C@H](OC(=O)c2ccccc2)[C@@H](OC(=O)c2ccccc2)[C@@H]1OC(=O)c1ccccc1)c1ccccc1. The van der Waals surface area contributed by atoms with Gasteiger partial charge < -0.3 is 23.7 Å². The molecule has 0 aliphatic carbocycles. The number of nitrogens with zero attached hydrogens (tertiary/aromatic N) is 4. The zero-order valence-corrected chi connectivity index (χ0v) is 30.6. The highest BCUT2D eigenvalue weighted by atomic mass is 16.7. The molecule has 0 bridgehead atoms. The van der Waals surface area contributed by atoms with E-state index in [9.17, 15) is 19.2 Å². The van der Waals surface area contributed by atoms with E-state index < -0.39 is 61.1 Å². The van der Waals surface area contributed by atoms with Crippen molar-refractivity contribution in [2.45, 2.75) is 30.6 Å². The van der Waals surface area contributed by atoms with E-state index in [1.807, 2.05) is 30.3 Å². The molecule has 7 aromatic rings. The highest BCUT2D eigenvalue weighted by molar-refractivity contribution is 5.91. The number of hydrogen-bond acceptors (Lipinski definition) is 12. The molecule has 3 heterocycles. The van der Waals surface area contributed by atoms with Gasteiger partial charge >= 0.3 is 23.9 Å². The van der Waals surface area contributed by atoms with E-state index in [-0.39, 0.29) is 22.3 Å². The van der Waals surface area contributed by atoms with E-state index in [1.165, 1.54) is 4.68 Å². The van der Waals surface area contributed by atoms with Crippen molar-refractivity contribution in [2.24, 2.45) is 0 Å². The maximum absolute atomic E-state index is 13.9. The zero-order chi connectivity index (χ0) is 39.8. The standard InChI is InChI=1S/C45H34N4O9/c50-42(30-16-5-1-6-17-30)54-28-37-38(56-43(51)31-18-7-2-8-19-31)39(57-44(52)32-20-9-3-10-21-32)40(58-45(53)33-22-11-4-12-23-33)41(55-37)49-27-36(47-48-49)35-26-25-29-15-13-14-24-34(29)46-35/h1-27,37-41H,28H2/t37-,38-,39+,40-,41-/m1/s1. The minimum atomic E-state index is -1.56. The normalized spacial score (nSPS) is 18.8. The second-order valence-electron chi connectivity index (χ2n) is 13.2. The van der Waals surface area contributed by atoms with Gasteiger partial charge in [0.05, 0.1) is 39.7 Å². The molecule has 58 heavy (non-hydrogen) atoms. The van der Waals surface area contributed by atoms with Gasteiger partial charge in [-0.25, -0.2) is 28.8 Å². The summed E-state index contributed by atoms with van der Waals surface area (Å²) in [5, 5.41) is 9.66. The van der Waals surface area contributed by atoms with Crippen LogP contribution in [0.15, 0.2) is 164 Å². The molecule has 2 aromatic heterocycles. The number of esters is 4. The molecule has 1 aliphatic heterocycles. The molecule has 0 unspecified atom stereocenters. The van der Waals surface area contributed by atoms with Crippen LogP contribution in [0.1, 0.15) is 47.7 Å². The van der Waals surface area contributed by atoms with Crippen molar-refractivity contribution in [3.8, 4) is 11.4 Å². The maximum Gasteiger partial charge on any atom is 0.338 e. The van der Waals surface area contributed by atoms with Crippen LogP contribution in [0, 0.1) is 0 Å². The summed E-state index contributed by atoms with van der Waals surface area (Å²) in [4.78, 5) is 59.7. The fourth-order valence-corrected chi connectivity index (χ4v) is 6.48. The van der Waals surface area contributed by atoms with Crippen LogP contribution in [-0.2, 0) is 23.7 Å². The molecule has 5 atom stereocenters. The van der Waals surface area contributed by atoms with Crippen LogP contribution in [0.2, 0.25) is 0 Å². The van der Waals surface area contributed by atoms with Gasteiger partial charge in [-0.2, -0.15) is 0 Å². The Labute approximate surface area is 331 Å². The van der Waals surface area contributed by atoms with Gasteiger partial charge in [-0.3, -0.25) is 0 Å². The number of fused-ring (bicyclic) bond motifs is 1. The van der Waals surface area contributed by atoms with Crippen LogP contribution < -0.4 is 0 Å². The third-order valence-electron chi connectivity index (χ3n) is 9.39. The van der Waals surface area contributed by atoms with Crippen molar-refractivity contribution in [3.05, 3.63) is 186 Å². The van der Waals surface area contributed by atoms with Crippen molar-refractivity contribution >= 4 is 34.8 Å².